The van der Waals surface area contributed by atoms with Crippen molar-refractivity contribution in [1.82, 2.24) is 9.88 Å². The van der Waals surface area contributed by atoms with Gasteiger partial charge in [-0.2, -0.15) is 13.2 Å². The molecule has 0 unspecified atom stereocenters. The van der Waals surface area contributed by atoms with Crippen molar-refractivity contribution in [3.8, 4) is 0 Å². The highest BCUT2D eigenvalue weighted by Crippen LogP contribution is 2.37. The number of alkyl halides is 3. The lowest BCUT2D eigenvalue weighted by molar-refractivity contribution is -0.141. The van der Waals surface area contributed by atoms with Crippen LogP contribution in [-0.2, 0) is 15.7 Å². The zero-order chi connectivity index (χ0) is 19.9. The SMILES string of the molecule is C[C@H]1CC(=O)[C@H](c2ccc(C(F)(F)F)nc2Cl)N(C(=O)OC(C)(C)C)C1. The fraction of sp³-hybridized carbons (Fsp3) is 0.588. The van der Waals surface area contributed by atoms with Crippen LogP contribution in [-0.4, -0.2) is 33.9 Å². The van der Waals surface area contributed by atoms with Crippen molar-refractivity contribution in [3.63, 3.8) is 0 Å². The molecule has 2 rings (SSSR count). The highest BCUT2D eigenvalue weighted by atomic mass is 35.5. The van der Waals surface area contributed by atoms with Crippen LogP contribution < -0.4 is 0 Å². The van der Waals surface area contributed by atoms with Crippen LogP contribution in [0.1, 0.15) is 51.4 Å². The molecule has 1 amide bonds. The van der Waals surface area contributed by atoms with Crippen LogP contribution in [0.4, 0.5) is 18.0 Å². The van der Waals surface area contributed by atoms with Gasteiger partial charge in [-0.05, 0) is 32.8 Å². The van der Waals surface area contributed by atoms with Crippen LogP contribution >= 0.6 is 11.6 Å². The van der Waals surface area contributed by atoms with Gasteiger partial charge < -0.3 is 4.74 Å². The minimum Gasteiger partial charge on any atom is -0.444 e. The van der Waals surface area contributed by atoms with E-state index in [1.807, 2.05) is 0 Å². The van der Waals surface area contributed by atoms with E-state index in [1.54, 1.807) is 27.7 Å². The topological polar surface area (TPSA) is 59.5 Å². The van der Waals surface area contributed by atoms with Gasteiger partial charge in [-0.15, -0.1) is 0 Å². The van der Waals surface area contributed by atoms with Crippen molar-refractivity contribution < 1.29 is 27.5 Å². The fourth-order valence-electron chi connectivity index (χ4n) is 2.78. The number of aromatic nitrogens is 1. The molecule has 0 saturated carbocycles. The molecule has 2 atom stereocenters. The van der Waals surface area contributed by atoms with Crippen molar-refractivity contribution in [2.45, 2.75) is 51.9 Å². The molecule has 5 nitrogen and oxygen atoms in total. The Bertz CT molecular complexity index is 716. The molecule has 1 aromatic heterocycles. The van der Waals surface area contributed by atoms with E-state index in [-0.39, 0.29) is 30.2 Å². The largest absolute Gasteiger partial charge is 0.444 e. The van der Waals surface area contributed by atoms with E-state index < -0.39 is 34.8 Å². The highest BCUT2D eigenvalue weighted by molar-refractivity contribution is 6.30. The van der Waals surface area contributed by atoms with Gasteiger partial charge in [0.2, 0.25) is 0 Å². The molecule has 0 aromatic carbocycles. The monoisotopic (exact) mass is 392 g/mol. The first-order chi connectivity index (χ1) is 11.8. The predicted octanol–water partition coefficient (Wildman–Crippen LogP) is 4.64. The molecule has 26 heavy (non-hydrogen) atoms. The summed E-state index contributed by atoms with van der Waals surface area (Å²) >= 11 is 5.93. The maximum absolute atomic E-state index is 12.8. The minimum absolute atomic E-state index is 0.0578. The van der Waals surface area contributed by atoms with Crippen LogP contribution in [0.15, 0.2) is 12.1 Å². The second-order valence-corrected chi connectivity index (χ2v) is 7.74. The van der Waals surface area contributed by atoms with E-state index in [0.717, 1.165) is 12.1 Å². The number of ether oxygens (including phenoxy) is 1. The maximum Gasteiger partial charge on any atom is 0.433 e. The van der Waals surface area contributed by atoms with Crippen LogP contribution in [0, 0.1) is 5.92 Å². The van der Waals surface area contributed by atoms with Gasteiger partial charge in [0.05, 0.1) is 0 Å². The zero-order valence-corrected chi connectivity index (χ0v) is 15.6. The highest BCUT2D eigenvalue weighted by Gasteiger charge is 2.41. The van der Waals surface area contributed by atoms with Crippen molar-refractivity contribution >= 4 is 23.5 Å². The summed E-state index contributed by atoms with van der Waals surface area (Å²) in [5.74, 6) is -0.425. The molecule has 0 bridgehead atoms. The van der Waals surface area contributed by atoms with E-state index in [4.69, 9.17) is 16.3 Å². The molecular weight excluding hydrogens is 373 g/mol. The Morgan fingerprint density at radius 1 is 1.31 bits per heavy atom. The van der Waals surface area contributed by atoms with E-state index >= 15 is 0 Å². The first-order valence-corrected chi connectivity index (χ1v) is 8.43. The van der Waals surface area contributed by atoms with Gasteiger partial charge in [0.15, 0.2) is 5.78 Å². The van der Waals surface area contributed by atoms with Crippen LogP contribution in [0.3, 0.4) is 0 Å². The lowest BCUT2D eigenvalue weighted by Crippen LogP contribution is -2.48. The standard InChI is InChI=1S/C17H20ClF3N2O3/c1-9-7-11(24)13(23(8-9)15(25)26-16(2,3)4)10-5-6-12(17(19,20)21)22-14(10)18/h5-6,9,13H,7-8H2,1-4H3/t9-,13-/m0/s1. The third-order valence-corrected chi connectivity index (χ3v) is 4.07. The van der Waals surface area contributed by atoms with Crippen LogP contribution in [0.2, 0.25) is 5.15 Å². The molecule has 1 saturated heterocycles. The Hall–Kier alpha value is -1.83. The van der Waals surface area contributed by atoms with Crippen LogP contribution in [0.5, 0.6) is 0 Å². The van der Waals surface area contributed by atoms with Crippen molar-refractivity contribution in [2.75, 3.05) is 6.54 Å². The third kappa shape index (κ3) is 4.66. The summed E-state index contributed by atoms with van der Waals surface area (Å²) in [7, 11) is 0. The number of carbonyl (C=O) groups is 2. The first kappa shape index (κ1) is 20.5. The van der Waals surface area contributed by atoms with E-state index in [2.05, 4.69) is 4.98 Å². The number of Topliss-reactive ketones (excluding diaryl/α,β-unsaturated/α-hetero) is 1. The van der Waals surface area contributed by atoms with Gasteiger partial charge in [-0.3, -0.25) is 9.69 Å². The summed E-state index contributed by atoms with van der Waals surface area (Å²) in [6.45, 7) is 7.08. The van der Waals surface area contributed by atoms with Crippen LogP contribution in [0.25, 0.3) is 0 Å². The zero-order valence-electron chi connectivity index (χ0n) is 14.9. The van der Waals surface area contributed by atoms with E-state index in [0.29, 0.717) is 0 Å². The molecule has 0 radical (unpaired) electrons. The van der Waals surface area contributed by atoms with Gasteiger partial charge in [0, 0.05) is 18.5 Å². The number of rotatable bonds is 1. The summed E-state index contributed by atoms with van der Waals surface area (Å²) in [6, 6.07) is 0.719. The second-order valence-electron chi connectivity index (χ2n) is 7.39. The predicted molar refractivity (Wildman–Crippen MR) is 88.7 cm³/mol. The summed E-state index contributed by atoms with van der Waals surface area (Å²) < 4.78 is 43.7. The quantitative estimate of drug-likeness (QED) is 0.653. The molecule has 1 fully saturated rings. The summed E-state index contributed by atoms with van der Waals surface area (Å²) in [4.78, 5) is 29.7. The molecule has 0 spiro atoms. The number of halogens is 4. The third-order valence-electron chi connectivity index (χ3n) is 3.77. The number of hydrogen-bond donors (Lipinski definition) is 0. The lowest BCUT2D eigenvalue weighted by Gasteiger charge is -2.38. The summed E-state index contributed by atoms with van der Waals surface area (Å²) in [6.07, 6.45) is -5.20. The number of nitrogens with zero attached hydrogens (tertiary/aromatic N) is 2. The van der Waals surface area contributed by atoms with E-state index in [9.17, 15) is 22.8 Å². The molecule has 1 aromatic rings. The van der Waals surface area contributed by atoms with Gasteiger partial charge in [-0.1, -0.05) is 24.6 Å². The summed E-state index contributed by atoms with van der Waals surface area (Å²) in [5.41, 5.74) is -1.89. The molecule has 0 N–H and O–H groups in total. The maximum atomic E-state index is 12.8. The van der Waals surface area contributed by atoms with Gasteiger partial charge in [0.1, 0.15) is 22.5 Å². The fourth-order valence-corrected chi connectivity index (χ4v) is 3.04. The number of likely N-dealkylation sites (tertiary alicyclic amines) is 1. The number of ketones is 1. The Morgan fingerprint density at radius 3 is 2.42 bits per heavy atom. The first-order valence-electron chi connectivity index (χ1n) is 8.05. The average Bonchev–Trinajstić information content (AvgIpc) is 2.44. The number of pyridine rings is 1. The molecule has 2 heterocycles. The number of piperidine rings is 1. The molecule has 144 valence electrons. The molecule has 1 aliphatic heterocycles. The minimum atomic E-state index is -4.65. The van der Waals surface area contributed by atoms with Crippen molar-refractivity contribution in [1.29, 1.82) is 0 Å². The average molecular weight is 393 g/mol. The smallest absolute Gasteiger partial charge is 0.433 e. The van der Waals surface area contributed by atoms with E-state index in [1.165, 1.54) is 4.90 Å². The Morgan fingerprint density at radius 2 is 1.92 bits per heavy atom. The molecule has 0 aliphatic carbocycles. The Labute approximate surface area is 154 Å². The van der Waals surface area contributed by atoms with Gasteiger partial charge in [-0.25, -0.2) is 9.78 Å². The van der Waals surface area contributed by atoms with Gasteiger partial charge >= 0.3 is 12.3 Å². The number of carbonyl (C=O) groups excluding carboxylic acids is 2. The van der Waals surface area contributed by atoms with Crippen molar-refractivity contribution in [2.24, 2.45) is 5.92 Å². The number of hydrogen-bond acceptors (Lipinski definition) is 4. The summed E-state index contributed by atoms with van der Waals surface area (Å²) in [5, 5.41) is -0.457. The molecule has 1 aliphatic rings. The normalized spacial score (nSPS) is 21.7. The second kappa shape index (κ2) is 7.06. The Kier molecular flexibility index (Phi) is 5.56. The molecule has 9 heteroatoms. The lowest BCUT2D eigenvalue weighted by atomic mass is 9.89. The van der Waals surface area contributed by atoms with Crippen molar-refractivity contribution in [3.05, 3.63) is 28.5 Å². The Balaban J connectivity index is 2.42. The van der Waals surface area contributed by atoms with Gasteiger partial charge in [0.25, 0.3) is 0 Å². The number of amides is 1. The molecular formula is C17H20ClF3N2O3.